The molecule has 0 spiro atoms. The molecular weight excluding hydrogens is 328 g/mol. The normalized spacial score (nSPS) is 11.8. The predicted molar refractivity (Wildman–Crippen MR) is 124 cm³/mol. The van der Waals surface area contributed by atoms with Gasteiger partial charge in [-0.1, -0.05) is 123 Å². The Morgan fingerprint density at radius 3 is 0.963 bits per heavy atom. The highest BCUT2D eigenvalue weighted by atomic mass is 15.6. The van der Waals surface area contributed by atoms with E-state index in [0.717, 1.165) is 0 Å². The van der Waals surface area contributed by atoms with E-state index in [9.17, 15) is 0 Å². The molecule has 0 aliphatic heterocycles. The lowest BCUT2D eigenvalue weighted by molar-refractivity contribution is 0.0217. The van der Waals surface area contributed by atoms with E-state index in [-0.39, 0.29) is 0 Å². The molecule has 0 aliphatic carbocycles. The molecule has 0 bridgehead atoms. The van der Waals surface area contributed by atoms with E-state index in [1.165, 1.54) is 135 Å². The average Bonchev–Trinajstić information content (AvgIpc) is 2.66. The molecule has 27 heavy (non-hydrogen) atoms. The Hall–Kier alpha value is -0.0800. The maximum absolute atomic E-state index is 2.53. The first-order valence-corrected chi connectivity index (χ1v) is 12.6. The highest BCUT2D eigenvalue weighted by Crippen LogP contribution is 2.14. The molecule has 2 heteroatoms. The molecule has 0 aromatic heterocycles. The van der Waals surface area contributed by atoms with E-state index < -0.39 is 0 Å². The van der Waals surface area contributed by atoms with Crippen molar-refractivity contribution in [1.82, 2.24) is 10.0 Å². The minimum Gasteiger partial charge on any atom is -0.248 e. The van der Waals surface area contributed by atoms with Gasteiger partial charge >= 0.3 is 0 Å². The summed E-state index contributed by atoms with van der Waals surface area (Å²) in [6.45, 7) is 7.07. The van der Waals surface area contributed by atoms with Crippen molar-refractivity contribution in [3.8, 4) is 0 Å². The van der Waals surface area contributed by atoms with Crippen LogP contribution in [-0.4, -0.2) is 37.2 Å². The van der Waals surface area contributed by atoms with Crippen molar-refractivity contribution >= 4 is 0 Å². The zero-order valence-corrected chi connectivity index (χ0v) is 19.7. The van der Waals surface area contributed by atoms with Crippen LogP contribution in [0.25, 0.3) is 0 Å². The van der Waals surface area contributed by atoms with Gasteiger partial charge in [-0.3, -0.25) is 0 Å². The van der Waals surface area contributed by atoms with Crippen LogP contribution < -0.4 is 0 Å². The van der Waals surface area contributed by atoms with Crippen molar-refractivity contribution in [1.29, 1.82) is 0 Å². The second-order valence-corrected chi connectivity index (χ2v) is 8.81. The molecule has 0 saturated carbocycles. The van der Waals surface area contributed by atoms with Crippen LogP contribution in [-0.2, 0) is 0 Å². The predicted octanol–water partition coefficient (Wildman–Crippen LogP) is 8.22. The third-order valence-corrected chi connectivity index (χ3v) is 5.86. The van der Waals surface area contributed by atoms with Crippen LogP contribution in [0.15, 0.2) is 0 Å². The average molecular weight is 383 g/mol. The molecule has 0 aliphatic rings. The van der Waals surface area contributed by atoms with Gasteiger partial charge in [0.15, 0.2) is 0 Å². The van der Waals surface area contributed by atoms with Gasteiger partial charge in [0.2, 0.25) is 0 Å². The first-order chi connectivity index (χ1) is 13.2. The Morgan fingerprint density at radius 1 is 0.370 bits per heavy atom. The minimum atomic E-state index is 1.24. The summed E-state index contributed by atoms with van der Waals surface area (Å²) in [6.07, 6.45) is 27.2. The van der Waals surface area contributed by atoms with Crippen molar-refractivity contribution in [2.45, 2.75) is 136 Å². The zero-order valence-electron chi connectivity index (χ0n) is 19.7. The molecule has 0 atom stereocenters. The van der Waals surface area contributed by atoms with E-state index in [2.05, 4.69) is 38.0 Å². The second-order valence-electron chi connectivity index (χ2n) is 8.81. The number of hydrogen-bond donors (Lipinski definition) is 0. The van der Waals surface area contributed by atoms with E-state index in [0.29, 0.717) is 0 Å². The van der Waals surface area contributed by atoms with Crippen molar-refractivity contribution < 1.29 is 0 Å². The van der Waals surface area contributed by atoms with Gasteiger partial charge in [-0.05, 0) is 12.8 Å². The lowest BCUT2D eigenvalue weighted by Crippen LogP contribution is -2.38. The fourth-order valence-corrected chi connectivity index (χ4v) is 3.90. The van der Waals surface area contributed by atoms with Gasteiger partial charge in [-0.25, -0.2) is 10.0 Å². The van der Waals surface area contributed by atoms with Crippen LogP contribution in [0.1, 0.15) is 136 Å². The molecule has 0 aromatic carbocycles. The molecule has 164 valence electrons. The third kappa shape index (κ3) is 20.5. The van der Waals surface area contributed by atoms with Crippen LogP contribution in [0.3, 0.4) is 0 Å². The van der Waals surface area contributed by atoms with Crippen LogP contribution >= 0.6 is 0 Å². The molecule has 2 nitrogen and oxygen atoms in total. The monoisotopic (exact) mass is 382 g/mol. The maximum Gasteiger partial charge on any atom is 0.0133 e. The summed E-state index contributed by atoms with van der Waals surface area (Å²) in [4.78, 5) is 0. The lowest BCUT2D eigenvalue weighted by atomic mass is 10.0. The summed E-state index contributed by atoms with van der Waals surface area (Å²) in [6, 6.07) is 0. The van der Waals surface area contributed by atoms with Gasteiger partial charge in [0.1, 0.15) is 0 Å². The van der Waals surface area contributed by atoms with Crippen LogP contribution in [0.5, 0.6) is 0 Å². The van der Waals surface area contributed by atoms with Crippen molar-refractivity contribution in [3.63, 3.8) is 0 Å². The van der Waals surface area contributed by atoms with Crippen molar-refractivity contribution in [2.75, 3.05) is 27.2 Å². The third-order valence-electron chi connectivity index (χ3n) is 5.86. The summed E-state index contributed by atoms with van der Waals surface area (Å²) >= 11 is 0. The van der Waals surface area contributed by atoms with Crippen LogP contribution in [0.4, 0.5) is 0 Å². The van der Waals surface area contributed by atoms with Crippen molar-refractivity contribution in [3.05, 3.63) is 0 Å². The van der Waals surface area contributed by atoms with Gasteiger partial charge in [0, 0.05) is 27.2 Å². The van der Waals surface area contributed by atoms with Crippen molar-refractivity contribution in [2.24, 2.45) is 0 Å². The Kier molecular flexibility index (Phi) is 22.1. The molecule has 0 N–H and O–H groups in total. The number of hydrogen-bond acceptors (Lipinski definition) is 2. The molecule has 0 amide bonds. The number of hydrazine groups is 1. The fraction of sp³-hybridized carbons (Fsp3) is 1.00. The highest BCUT2D eigenvalue weighted by Gasteiger charge is 2.06. The SMILES string of the molecule is CCCCCCCCCCCCCCCCCCN(CCCCC)N(C)C. The second kappa shape index (κ2) is 22.2. The topological polar surface area (TPSA) is 6.48 Å². The van der Waals surface area contributed by atoms with E-state index in [1.54, 1.807) is 0 Å². The molecule has 0 heterocycles. The van der Waals surface area contributed by atoms with Gasteiger partial charge in [0.05, 0.1) is 0 Å². The summed E-state index contributed by atoms with van der Waals surface area (Å²) in [5, 5.41) is 4.82. The first kappa shape index (κ1) is 26.9. The fourth-order valence-electron chi connectivity index (χ4n) is 3.90. The van der Waals surface area contributed by atoms with E-state index in [1.807, 2.05) is 0 Å². The largest absolute Gasteiger partial charge is 0.248 e. The number of nitrogens with zero attached hydrogens (tertiary/aromatic N) is 2. The van der Waals surface area contributed by atoms with Gasteiger partial charge in [0.25, 0.3) is 0 Å². The van der Waals surface area contributed by atoms with Gasteiger partial charge in [-0.15, -0.1) is 0 Å². The molecule has 0 radical (unpaired) electrons. The Morgan fingerprint density at radius 2 is 0.630 bits per heavy atom. The number of unbranched alkanes of at least 4 members (excludes halogenated alkanes) is 17. The summed E-state index contributed by atoms with van der Waals surface area (Å²) in [5.74, 6) is 0. The standard InChI is InChI=1S/C25H54N2/c1-5-7-9-10-11-12-13-14-15-16-17-18-19-20-21-23-25-27(26(3)4)24-22-8-6-2/h5-25H2,1-4H3. The summed E-state index contributed by atoms with van der Waals surface area (Å²) in [5.41, 5.74) is 0. The summed E-state index contributed by atoms with van der Waals surface area (Å²) < 4.78 is 0. The molecule has 0 aromatic rings. The van der Waals surface area contributed by atoms with E-state index in [4.69, 9.17) is 0 Å². The molecule has 0 saturated heterocycles. The van der Waals surface area contributed by atoms with E-state index >= 15 is 0 Å². The minimum absolute atomic E-state index is 1.24. The Balaban J connectivity index is 3.25. The Bertz CT molecular complexity index is 265. The van der Waals surface area contributed by atoms with Crippen LogP contribution in [0, 0.1) is 0 Å². The molecule has 0 rings (SSSR count). The molecule has 0 unspecified atom stereocenters. The molecule has 0 fully saturated rings. The highest BCUT2D eigenvalue weighted by molar-refractivity contribution is 4.55. The maximum atomic E-state index is 2.53. The zero-order chi connectivity index (χ0) is 20.0. The quantitative estimate of drug-likeness (QED) is 0.137. The lowest BCUT2D eigenvalue weighted by Gasteiger charge is -2.28. The smallest absolute Gasteiger partial charge is 0.0133 e. The first-order valence-electron chi connectivity index (χ1n) is 12.6. The molecular formula is C25H54N2. The van der Waals surface area contributed by atoms with Gasteiger partial charge < -0.3 is 0 Å². The number of rotatable bonds is 22. The Labute approximate surface area is 173 Å². The van der Waals surface area contributed by atoms with Gasteiger partial charge in [-0.2, -0.15) is 0 Å². The van der Waals surface area contributed by atoms with Crippen LogP contribution in [0.2, 0.25) is 0 Å². The summed E-state index contributed by atoms with van der Waals surface area (Å²) in [7, 11) is 4.39.